The Labute approximate surface area is 200 Å². The highest BCUT2D eigenvalue weighted by Gasteiger charge is 2.28. The zero-order chi connectivity index (χ0) is 24.1. The molecule has 0 bridgehead atoms. The summed E-state index contributed by atoms with van der Waals surface area (Å²) in [5, 5.41) is 9.76. The summed E-state index contributed by atoms with van der Waals surface area (Å²) < 4.78 is 0. The zero-order valence-electron chi connectivity index (χ0n) is 20.0. The number of para-hydroxylation sites is 1. The van der Waals surface area contributed by atoms with Crippen LogP contribution in [0.4, 0.5) is 21.0 Å². The van der Waals surface area contributed by atoms with Gasteiger partial charge in [-0.3, -0.25) is 9.88 Å². The molecule has 178 valence electrons. The molecule has 1 unspecified atom stereocenters. The fraction of sp³-hybridized carbons (Fsp3) is 0.346. The van der Waals surface area contributed by atoms with Gasteiger partial charge in [-0.2, -0.15) is 0 Å². The van der Waals surface area contributed by atoms with Crippen LogP contribution in [-0.2, 0) is 0 Å². The van der Waals surface area contributed by atoms with Gasteiger partial charge < -0.3 is 20.9 Å². The summed E-state index contributed by atoms with van der Waals surface area (Å²) in [5.74, 6) is 0. The topological polar surface area (TPSA) is 89.6 Å². The Morgan fingerprint density at radius 3 is 2.65 bits per heavy atom. The van der Waals surface area contributed by atoms with Crippen LogP contribution in [0.3, 0.4) is 0 Å². The van der Waals surface area contributed by atoms with E-state index in [2.05, 4.69) is 25.8 Å². The van der Waals surface area contributed by atoms with Crippen LogP contribution < -0.4 is 16.0 Å². The van der Waals surface area contributed by atoms with Crippen LogP contribution in [0.1, 0.15) is 17.7 Å². The lowest BCUT2D eigenvalue weighted by Gasteiger charge is -2.25. The standard InChI is InChI=1S/C26H32N6O2/c1-18-8-10-20(11-9-18)29-26(34)31(3)21-12-14-32(17-21)15-13-27-25(33)30-24-16-19(2)28-23-7-5-4-6-22(23)24/h4-11,16,21H,12-15,17H2,1-3H3,(H,29,34)(H2,27,28,30,33). The minimum Gasteiger partial charge on any atom is -0.337 e. The molecule has 1 fully saturated rings. The van der Waals surface area contributed by atoms with Crippen molar-refractivity contribution in [1.82, 2.24) is 20.1 Å². The van der Waals surface area contributed by atoms with E-state index < -0.39 is 0 Å². The van der Waals surface area contributed by atoms with Gasteiger partial charge in [0.2, 0.25) is 0 Å². The number of likely N-dealkylation sites (N-methyl/N-ethyl adjacent to an activating group) is 1. The highest BCUT2D eigenvalue weighted by molar-refractivity contribution is 6.00. The van der Waals surface area contributed by atoms with Crippen LogP contribution in [0.5, 0.6) is 0 Å². The van der Waals surface area contributed by atoms with Gasteiger partial charge in [-0.1, -0.05) is 35.9 Å². The second-order valence-corrected chi connectivity index (χ2v) is 8.86. The Morgan fingerprint density at radius 1 is 1.09 bits per heavy atom. The molecule has 0 aliphatic carbocycles. The molecule has 0 spiro atoms. The number of pyridine rings is 1. The number of amides is 4. The molecule has 34 heavy (non-hydrogen) atoms. The molecule has 1 saturated heterocycles. The predicted octanol–water partition coefficient (Wildman–Crippen LogP) is 4.21. The van der Waals surface area contributed by atoms with Crippen LogP contribution in [0, 0.1) is 13.8 Å². The third-order valence-electron chi connectivity index (χ3n) is 6.22. The van der Waals surface area contributed by atoms with Gasteiger partial charge >= 0.3 is 12.1 Å². The molecule has 0 radical (unpaired) electrons. The molecule has 3 aromatic rings. The second-order valence-electron chi connectivity index (χ2n) is 8.86. The number of hydrogen-bond acceptors (Lipinski definition) is 4. The van der Waals surface area contributed by atoms with Gasteiger partial charge in [-0.25, -0.2) is 9.59 Å². The van der Waals surface area contributed by atoms with Crippen molar-refractivity contribution in [2.45, 2.75) is 26.3 Å². The molecule has 4 amide bonds. The monoisotopic (exact) mass is 460 g/mol. The largest absolute Gasteiger partial charge is 0.337 e. The van der Waals surface area contributed by atoms with Crippen molar-refractivity contribution >= 4 is 34.3 Å². The number of nitrogens with one attached hydrogen (secondary N) is 3. The Hall–Kier alpha value is -3.65. The molecule has 2 aromatic carbocycles. The summed E-state index contributed by atoms with van der Waals surface area (Å²) in [4.78, 5) is 33.6. The average molecular weight is 461 g/mol. The minimum absolute atomic E-state index is 0.104. The van der Waals surface area contributed by atoms with Crippen molar-refractivity contribution in [3.8, 4) is 0 Å². The molecule has 8 heteroatoms. The van der Waals surface area contributed by atoms with Crippen molar-refractivity contribution in [3.05, 3.63) is 65.9 Å². The molecule has 8 nitrogen and oxygen atoms in total. The number of aromatic nitrogens is 1. The van der Waals surface area contributed by atoms with E-state index in [9.17, 15) is 9.59 Å². The number of likely N-dealkylation sites (tertiary alicyclic amines) is 1. The Kier molecular flexibility index (Phi) is 7.27. The molecular weight excluding hydrogens is 428 g/mol. The number of hydrogen-bond donors (Lipinski definition) is 3. The van der Waals surface area contributed by atoms with Gasteiger partial charge in [-0.15, -0.1) is 0 Å². The van der Waals surface area contributed by atoms with Gasteiger partial charge in [0.1, 0.15) is 0 Å². The molecular formula is C26H32N6O2. The average Bonchev–Trinajstić information content (AvgIpc) is 3.28. The van der Waals surface area contributed by atoms with Crippen LogP contribution >= 0.6 is 0 Å². The highest BCUT2D eigenvalue weighted by atomic mass is 16.2. The van der Waals surface area contributed by atoms with E-state index >= 15 is 0 Å². The highest BCUT2D eigenvalue weighted by Crippen LogP contribution is 2.22. The SMILES string of the molecule is Cc1ccc(NC(=O)N(C)C2CCN(CCNC(=O)Nc3cc(C)nc4ccccc34)C2)cc1. The van der Waals surface area contributed by atoms with Crippen molar-refractivity contribution in [3.63, 3.8) is 0 Å². The smallest absolute Gasteiger partial charge is 0.321 e. The Morgan fingerprint density at radius 2 is 1.85 bits per heavy atom. The van der Waals surface area contributed by atoms with Gasteiger partial charge in [0.05, 0.1) is 11.2 Å². The predicted molar refractivity (Wildman–Crippen MR) is 136 cm³/mol. The van der Waals surface area contributed by atoms with Crippen molar-refractivity contribution < 1.29 is 9.59 Å². The van der Waals surface area contributed by atoms with Gasteiger partial charge in [0.15, 0.2) is 0 Å². The number of anilines is 2. The molecule has 2 heterocycles. The number of fused-ring (bicyclic) bond motifs is 1. The Bertz CT molecular complexity index is 1160. The van der Waals surface area contributed by atoms with E-state index in [0.29, 0.717) is 6.54 Å². The van der Waals surface area contributed by atoms with Gasteiger partial charge in [0.25, 0.3) is 0 Å². The van der Waals surface area contributed by atoms with Gasteiger partial charge in [-0.05, 0) is 44.5 Å². The lowest BCUT2D eigenvalue weighted by Crippen LogP contribution is -2.42. The van der Waals surface area contributed by atoms with Crippen LogP contribution in [0.2, 0.25) is 0 Å². The van der Waals surface area contributed by atoms with E-state index in [1.165, 1.54) is 0 Å². The minimum atomic E-state index is -0.235. The fourth-order valence-electron chi connectivity index (χ4n) is 4.25. The maximum absolute atomic E-state index is 12.6. The van der Waals surface area contributed by atoms with E-state index in [4.69, 9.17) is 0 Å². The zero-order valence-corrected chi connectivity index (χ0v) is 20.0. The third-order valence-corrected chi connectivity index (χ3v) is 6.22. The van der Waals surface area contributed by atoms with Crippen molar-refractivity contribution in [2.24, 2.45) is 0 Å². The molecule has 1 aliphatic heterocycles. The van der Waals surface area contributed by atoms with Crippen molar-refractivity contribution in [2.75, 3.05) is 43.9 Å². The van der Waals surface area contributed by atoms with Gasteiger partial charge in [0, 0.05) is 56.0 Å². The quantitative estimate of drug-likeness (QED) is 0.514. The molecule has 1 aromatic heterocycles. The lowest BCUT2D eigenvalue weighted by atomic mass is 10.1. The summed E-state index contributed by atoms with van der Waals surface area (Å²) in [6, 6.07) is 17.2. The summed E-state index contributed by atoms with van der Waals surface area (Å²) >= 11 is 0. The van der Waals surface area contributed by atoms with E-state index in [1.807, 2.05) is 75.5 Å². The molecule has 0 saturated carbocycles. The van der Waals surface area contributed by atoms with Crippen LogP contribution in [-0.4, -0.2) is 66.1 Å². The second kappa shape index (κ2) is 10.5. The number of urea groups is 2. The number of nitrogens with zero attached hydrogens (tertiary/aromatic N) is 3. The number of benzene rings is 2. The normalized spacial score (nSPS) is 15.8. The Balaban J connectivity index is 1.22. The molecule has 3 N–H and O–H groups in total. The maximum Gasteiger partial charge on any atom is 0.321 e. The van der Waals surface area contributed by atoms with Crippen molar-refractivity contribution in [1.29, 1.82) is 0 Å². The third kappa shape index (κ3) is 5.82. The molecule has 1 atom stereocenters. The first-order chi connectivity index (χ1) is 16.4. The first-order valence-electron chi connectivity index (χ1n) is 11.6. The molecule has 4 rings (SSSR count). The van der Waals surface area contributed by atoms with E-state index in [1.54, 1.807) is 4.90 Å². The first-order valence-corrected chi connectivity index (χ1v) is 11.6. The fourth-order valence-corrected chi connectivity index (χ4v) is 4.25. The lowest BCUT2D eigenvalue weighted by molar-refractivity contribution is 0.202. The first kappa shape index (κ1) is 23.5. The maximum atomic E-state index is 12.6. The molecule has 1 aliphatic rings. The summed E-state index contributed by atoms with van der Waals surface area (Å²) in [6.45, 7) is 6.87. The van der Waals surface area contributed by atoms with Crippen LogP contribution in [0.25, 0.3) is 10.9 Å². The summed E-state index contributed by atoms with van der Waals surface area (Å²) in [5.41, 5.74) is 4.42. The summed E-state index contributed by atoms with van der Waals surface area (Å²) in [6.07, 6.45) is 0.909. The van der Waals surface area contributed by atoms with E-state index in [0.717, 1.165) is 59.6 Å². The number of rotatable bonds is 6. The van der Waals surface area contributed by atoms with Crippen LogP contribution in [0.15, 0.2) is 54.6 Å². The number of aryl methyl sites for hydroxylation is 2. The number of carbonyl (C=O) groups is 2. The van der Waals surface area contributed by atoms with E-state index in [-0.39, 0.29) is 18.1 Å². The number of carbonyl (C=O) groups excluding carboxylic acids is 2. The summed E-state index contributed by atoms with van der Waals surface area (Å²) in [7, 11) is 1.84.